The first-order valence-corrected chi connectivity index (χ1v) is 3.05. The van der Waals surface area contributed by atoms with E-state index in [4.69, 9.17) is 5.50 Å². The number of rotatable bonds is 1. The van der Waals surface area contributed by atoms with E-state index in [1.54, 1.807) is 0 Å². The van der Waals surface area contributed by atoms with Crippen molar-refractivity contribution in [3.05, 3.63) is 24.5 Å². The standard InChI is InChI=1S/C4H7N2P/c5-7-6-3-1-2-4-6/h1-4,7H,5H2. The minimum Gasteiger partial charge on any atom is -0.323 e. The molecule has 0 bridgehead atoms. The Hall–Kier alpha value is -0.330. The van der Waals surface area contributed by atoms with Crippen molar-refractivity contribution in [3.63, 3.8) is 0 Å². The molecule has 0 spiro atoms. The van der Waals surface area contributed by atoms with Crippen LogP contribution in [-0.4, -0.2) is 4.34 Å². The van der Waals surface area contributed by atoms with Crippen LogP contribution in [0.25, 0.3) is 0 Å². The molecule has 1 aromatic rings. The van der Waals surface area contributed by atoms with Crippen LogP contribution in [0.15, 0.2) is 24.5 Å². The summed E-state index contributed by atoms with van der Waals surface area (Å²) in [5.74, 6) is 0. The first-order valence-electron chi connectivity index (χ1n) is 2.03. The molecule has 0 amide bonds. The average molecular weight is 114 g/mol. The fourth-order valence-corrected chi connectivity index (χ4v) is 0.765. The summed E-state index contributed by atoms with van der Waals surface area (Å²) in [4.78, 5) is 0. The van der Waals surface area contributed by atoms with E-state index in [-0.39, 0.29) is 0 Å². The molecular weight excluding hydrogens is 107 g/mol. The highest BCUT2D eigenvalue weighted by atomic mass is 31.1. The average Bonchev–Trinajstić information content (AvgIpc) is 2.14. The van der Waals surface area contributed by atoms with Gasteiger partial charge in [0.2, 0.25) is 0 Å². The highest BCUT2D eigenvalue weighted by Gasteiger charge is 1.76. The molecule has 0 saturated heterocycles. The summed E-state index contributed by atoms with van der Waals surface area (Å²) in [6.45, 7) is 0. The van der Waals surface area contributed by atoms with Crippen molar-refractivity contribution in [1.82, 2.24) is 4.34 Å². The van der Waals surface area contributed by atoms with Gasteiger partial charge < -0.3 is 4.34 Å². The molecule has 0 radical (unpaired) electrons. The van der Waals surface area contributed by atoms with Gasteiger partial charge in [-0.15, -0.1) is 0 Å². The predicted molar refractivity (Wildman–Crippen MR) is 32.3 cm³/mol. The maximum absolute atomic E-state index is 5.28. The largest absolute Gasteiger partial charge is 0.323 e. The van der Waals surface area contributed by atoms with E-state index >= 15 is 0 Å². The predicted octanol–water partition coefficient (Wildman–Crippen LogP) is 0.803. The van der Waals surface area contributed by atoms with Gasteiger partial charge in [-0.25, -0.2) is 0 Å². The van der Waals surface area contributed by atoms with Crippen LogP contribution in [0, 0.1) is 0 Å². The molecule has 0 fully saturated rings. The van der Waals surface area contributed by atoms with Gasteiger partial charge in [0.1, 0.15) is 0 Å². The second-order valence-corrected chi connectivity index (χ2v) is 1.99. The SMILES string of the molecule is NPn1cccc1. The topological polar surface area (TPSA) is 30.9 Å². The van der Waals surface area contributed by atoms with Crippen molar-refractivity contribution in [1.29, 1.82) is 0 Å². The highest BCUT2D eigenvalue weighted by Crippen LogP contribution is 2.01. The molecule has 1 aromatic heterocycles. The summed E-state index contributed by atoms with van der Waals surface area (Å²) in [6.07, 6.45) is 3.89. The van der Waals surface area contributed by atoms with E-state index in [1.165, 1.54) is 0 Å². The van der Waals surface area contributed by atoms with Gasteiger partial charge in [-0.2, -0.15) is 0 Å². The lowest BCUT2D eigenvalue weighted by atomic mass is 10.7. The van der Waals surface area contributed by atoms with Gasteiger partial charge in [0.15, 0.2) is 0 Å². The Kier molecular flexibility index (Phi) is 1.45. The van der Waals surface area contributed by atoms with Crippen LogP contribution in [0.1, 0.15) is 0 Å². The molecular formula is C4H7N2P. The first kappa shape index (κ1) is 4.82. The van der Waals surface area contributed by atoms with Crippen molar-refractivity contribution in [2.45, 2.75) is 0 Å². The van der Waals surface area contributed by atoms with E-state index in [0.29, 0.717) is 8.88 Å². The van der Waals surface area contributed by atoms with Gasteiger partial charge in [0.25, 0.3) is 0 Å². The third kappa shape index (κ3) is 1.02. The van der Waals surface area contributed by atoms with Gasteiger partial charge >= 0.3 is 0 Å². The minimum atomic E-state index is 0.371. The van der Waals surface area contributed by atoms with Gasteiger partial charge in [-0.1, -0.05) is 0 Å². The fraction of sp³-hybridized carbons (Fsp3) is 0. The number of hydrogen-bond donors (Lipinski definition) is 1. The molecule has 1 unspecified atom stereocenters. The Balaban J connectivity index is 2.76. The summed E-state index contributed by atoms with van der Waals surface area (Å²) < 4.78 is 1.93. The summed E-state index contributed by atoms with van der Waals surface area (Å²) in [7, 11) is 0.371. The van der Waals surface area contributed by atoms with Crippen molar-refractivity contribution in [3.8, 4) is 0 Å². The molecule has 7 heavy (non-hydrogen) atoms. The van der Waals surface area contributed by atoms with E-state index in [1.807, 2.05) is 28.9 Å². The number of aromatic nitrogens is 1. The Labute approximate surface area is 44.2 Å². The smallest absolute Gasteiger partial charge is 0.0499 e. The number of nitrogens with zero attached hydrogens (tertiary/aromatic N) is 1. The molecule has 0 saturated carbocycles. The zero-order chi connectivity index (χ0) is 5.11. The fourth-order valence-electron chi connectivity index (χ4n) is 0.421. The van der Waals surface area contributed by atoms with Gasteiger partial charge in [0.05, 0.1) is 0 Å². The second kappa shape index (κ2) is 2.10. The summed E-state index contributed by atoms with van der Waals surface area (Å²) in [5.41, 5.74) is 5.28. The van der Waals surface area contributed by atoms with Crippen molar-refractivity contribution in [2.75, 3.05) is 0 Å². The van der Waals surface area contributed by atoms with Gasteiger partial charge in [-0.05, 0) is 12.1 Å². The quantitative estimate of drug-likeness (QED) is 0.538. The molecule has 38 valence electrons. The molecule has 1 atom stereocenters. The van der Waals surface area contributed by atoms with E-state index < -0.39 is 0 Å². The first-order chi connectivity index (χ1) is 3.43. The van der Waals surface area contributed by atoms with Crippen LogP contribution >= 0.6 is 8.88 Å². The van der Waals surface area contributed by atoms with Crippen LogP contribution < -0.4 is 5.50 Å². The Morgan fingerprint density at radius 2 is 1.86 bits per heavy atom. The third-order valence-corrected chi connectivity index (χ3v) is 1.35. The number of hydrogen-bond acceptors (Lipinski definition) is 1. The summed E-state index contributed by atoms with van der Waals surface area (Å²) in [6, 6.07) is 3.92. The lowest BCUT2D eigenvalue weighted by Crippen LogP contribution is -1.81. The maximum Gasteiger partial charge on any atom is 0.0499 e. The molecule has 0 aliphatic carbocycles. The van der Waals surface area contributed by atoms with Crippen LogP contribution in [0.5, 0.6) is 0 Å². The molecule has 2 nitrogen and oxygen atoms in total. The van der Waals surface area contributed by atoms with Crippen molar-refractivity contribution in [2.24, 2.45) is 5.50 Å². The van der Waals surface area contributed by atoms with Crippen LogP contribution in [0.2, 0.25) is 0 Å². The molecule has 1 rings (SSSR count). The van der Waals surface area contributed by atoms with Crippen LogP contribution in [0.3, 0.4) is 0 Å². The lowest BCUT2D eigenvalue weighted by molar-refractivity contribution is 1.27. The van der Waals surface area contributed by atoms with Crippen LogP contribution in [0.4, 0.5) is 0 Å². The van der Waals surface area contributed by atoms with E-state index in [2.05, 4.69) is 0 Å². The minimum absolute atomic E-state index is 0.371. The Morgan fingerprint density at radius 1 is 1.29 bits per heavy atom. The third-order valence-electron chi connectivity index (χ3n) is 0.754. The second-order valence-electron chi connectivity index (χ2n) is 1.22. The van der Waals surface area contributed by atoms with E-state index in [0.717, 1.165) is 0 Å². The molecule has 0 aliphatic rings. The van der Waals surface area contributed by atoms with Crippen molar-refractivity contribution >= 4 is 8.88 Å². The number of nitrogens with two attached hydrogens (primary N) is 1. The zero-order valence-electron chi connectivity index (χ0n) is 3.83. The summed E-state index contributed by atoms with van der Waals surface area (Å²) >= 11 is 0. The molecule has 0 aliphatic heterocycles. The Morgan fingerprint density at radius 3 is 2.14 bits per heavy atom. The van der Waals surface area contributed by atoms with Gasteiger partial charge in [0, 0.05) is 21.3 Å². The normalized spacial score (nSPS) is 11.0. The molecule has 0 aromatic carbocycles. The highest BCUT2D eigenvalue weighted by molar-refractivity contribution is 7.33. The van der Waals surface area contributed by atoms with Crippen LogP contribution in [-0.2, 0) is 0 Å². The zero-order valence-corrected chi connectivity index (χ0v) is 4.83. The lowest BCUT2D eigenvalue weighted by Gasteiger charge is -1.89. The van der Waals surface area contributed by atoms with Gasteiger partial charge in [-0.3, -0.25) is 5.50 Å². The summed E-state index contributed by atoms with van der Waals surface area (Å²) in [5, 5.41) is 0. The molecule has 1 heterocycles. The van der Waals surface area contributed by atoms with E-state index in [9.17, 15) is 0 Å². The Bertz CT molecular complexity index is 124. The van der Waals surface area contributed by atoms with Crippen molar-refractivity contribution < 1.29 is 0 Å². The molecule has 2 N–H and O–H groups in total. The monoisotopic (exact) mass is 114 g/mol. The maximum atomic E-state index is 5.28. The molecule has 3 heteroatoms.